The number of aliphatic hydroxyl groups is 1. The van der Waals surface area contributed by atoms with Gasteiger partial charge < -0.3 is 9.67 Å². The first kappa shape index (κ1) is 13.2. The van der Waals surface area contributed by atoms with E-state index in [1.807, 2.05) is 0 Å². The minimum atomic E-state index is -0.265. The summed E-state index contributed by atoms with van der Waals surface area (Å²) in [5.41, 5.74) is 3.34. The molecule has 1 atom stereocenters. The Morgan fingerprint density at radius 3 is 2.68 bits per heavy atom. The Morgan fingerprint density at radius 1 is 1.37 bits per heavy atom. The summed E-state index contributed by atoms with van der Waals surface area (Å²) in [7, 11) is 0. The molecule has 2 aliphatic rings. The van der Waals surface area contributed by atoms with E-state index in [9.17, 15) is 5.11 Å². The van der Waals surface area contributed by atoms with Gasteiger partial charge in [-0.25, -0.2) is 0 Å². The van der Waals surface area contributed by atoms with Crippen molar-refractivity contribution < 1.29 is 5.11 Å². The summed E-state index contributed by atoms with van der Waals surface area (Å²) in [6.45, 7) is 8.03. The van der Waals surface area contributed by atoms with E-state index in [0.29, 0.717) is 5.41 Å². The van der Waals surface area contributed by atoms with E-state index < -0.39 is 0 Å². The molecule has 0 radical (unpaired) electrons. The Balaban J connectivity index is 1.88. The predicted molar refractivity (Wildman–Crippen MR) is 78.1 cm³/mol. The van der Waals surface area contributed by atoms with Gasteiger partial charge >= 0.3 is 0 Å². The molecule has 0 aromatic carbocycles. The molecule has 3 rings (SSSR count). The van der Waals surface area contributed by atoms with Crippen molar-refractivity contribution >= 4 is 0 Å². The highest BCUT2D eigenvalue weighted by Crippen LogP contribution is 2.47. The lowest BCUT2D eigenvalue weighted by molar-refractivity contribution is 0.0851. The summed E-state index contributed by atoms with van der Waals surface area (Å²) in [6.07, 6.45) is 9.38. The summed E-state index contributed by atoms with van der Waals surface area (Å²) in [5.74, 6) is 0. The second kappa shape index (κ2) is 4.37. The molecule has 1 unspecified atom stereocenters. The Kier molecular flexibility index (Phi) is 3.05. The van der Waals surface area contributed by atoms with Gasteiger partial charge in [0.1, 0.15) is 0 Å². The topological polar surface area (TPSA) is 25.2 Å². The zero-order valence-electron chi connectivity index (χ0n) is 12.6. The molecule has 0 aliphatic heterocycles. The fraction of sp³-hybridized carbons (Fsp3) is 0.765. The molecule has 1 heterocycles. The number of hydrogen-bond donors (Lipinski definition) is 1. The van der Waals surface area contributed by atoms with Gasteiger partial charge in [-0.15, -0.1) is 0 Å². The van der Waals surface area contributed by atoms with Crippen molar-refractivity contribution in [3.05, 3.63) is 23.5 Å². The van der Waals surface area contributed by atoms with Gasteiger partial charge in [0, 0.05) is 24.0 Å². The number of aliphatic hydroxyl groups excluding tert-OH is 1. The lowest BCUT2D eigenvalue weighted by Crippen LogP contribution is -2.35. The molecule has 19 heavy (non-hydrogen) atoms. The van der Waals surface area contributed by atoms with Crippen LogP contribution < -0.4 is 0 Å². The van der Waals surface area contributed by atoms with Crippen molar-refractivity contribution in [2.24, 2.45) is 10.8 Å². The molecule has 1 aromatic heterocycles. The summed E-state index contributed by atoms with van der Waals surface area (Å²) >= 11 is 0. The smallest absolute Gasteiger partial charge is 0.0812 e. The Hall–Kier alpha value is -0.760. The van der Waals surface area contributed by atoms with E-state index in [1.165, 1.54) is 36.9 Å². The average molecular weight is 261 g/mol. The monoisotopic (exact) mass is 261 g/mol. The van der Waals surface area contributed by atoms with Gasteiger partial charge in [-0.05, 0) is 49.0 Å². The van der Waals surface area contributed by atoms with Crippen LogP contribution in [-0.4, -0.2) is 9.67 Å². The molecule has 1 aromatic rings. The van der Waals surface area contributed by atoms with Crippen molar-refractivity contribution in [2.75, 3.05) is 0 Å². The van der Waals surface area contributed by atoms with E-state index in [4.69, 9.17) is 0 Å². The van der Waals surface area contributed by atoms with E-state index in [1.54, 1.807) is 0 Å². The Bertz CT molecular complexity index is 462. The zero-order chi connectivity index (χ0) is 13.7. The molecule has 2 aliphatic carbocycles. The van der Waals surface area contributed by atoms with Crippen LogP contribution in [0.1, 0.15) is 70.2 Å². The van der Waals surface area contributed by atoms with Crippen LogP contribution in [0.25, 0.3) is 0 Å². The Morgan fingerprint density at radius 2 is 2.11 bits per heavy atom. The molecule has 2 heteroatoms. The van der Waals surface area contributed by atoms with Gasteiger partial charge in [-0.1, -0.05) is 27.2 Å². The average Bonchev–Trinajstić information content (AvgIpc) is 2.65. The first-order valence-electron chi connectivity index (χ1n) is 7.81. The fourth-order valence-electron chi connectivity index (χ4n) is 4.00. The van der Waals surface area contributed by atoms with E-state index in [-0.39, 0.29) is 11.5 Å². The minimum Gasteiger partial charge on any atom is -0.388 e. The van der Waals surface area contributed by atoms with Gasteiger partial charge in [0.05, 0.1) is 6.10 Å². The van der Waals surface area contributed by atoms with Crippen LogP contribution in [0.4, 0.5) is 0 Å². The van der Waals surface area contributed by atoms with Crippen molar-refractivity contribution in [3.8, 4) is 0 Å². The standard InChI is InChI=1S/C17H27NO/c1-4-17(7-5-8-17)12-18-9-6-13-14(18)10-16(2,3)11-15(13)19/h6,9,15,19H,4-5,7-8,10-12H2,1-3H3. The van der Waals surface area contributed by atoms with Crippen LogP contribution in [0, 0.1) is 10.8 Å². The normalized spacial score (nSPS) is 27.7. The maximum Gasteiger partial charge on any atom is 0.0812 e. The van der Waals surface area contributed by atoms with Gasteiger partial charge in [-0.2, -0.15) is 0 Å². The van der Waals surface area contributed by atoms with Crippen LogP contribution in [0.2, 0.25) is 0 Å². The number of fused-ring (bicyclic) bond motifs is 1. The maximum atomic E-state index is 10.3. The summed E-state index contributed by atoms with van der Waals surface area (Å²) in [5, 5.41) is 10.3. The summed E-state index contributed by atoms with van der Waals surface area (Å²) in [4.78, 5) is 0. The highest BCUT2D eigenvalue weighted by atomic mass is 16.3. The van der Waals surface area contributed by atoms with Crippen LogP contribution >= 0.6 is 0 Å². The number of rotatable bonds is 3. The Labute approximate surface area is 116 Å². The van der Waals surface area contributed by atoms with Crippen molar-refractivity contribution in [1.29, 1.82) is 0 Å². The molecule has 1 saturated carbocycles. The zero-order valence-corrected chi connectivity index (χ0v) is 12.6. The van der Waals surface area contributed by atoms with Crippen molar-refractivity contribution in [3.63, 3.8) is 0 Å². The van der Waals surface area contributed by atoms with Crippen LogP contribution in [-0.2, 0) is 13.0 Å². The van der Waals surface area contributed by atoms with Crippen LogP contribution in [0.15, 0.2) is 12.3 Å². The van der Waals surface area contributed by atoms with E-state index >= 15 is 0 Å². The lowest BCUT2D eigenvalue weighted by Gasteiger charge is -2.43. The molecule has 1 N–H and O–H groups in total. The van der Waals surface area contributed by atoms with Gasteiger partial charge in [0.25, 0.3) is 0 Å². The third kappa shape index (κ3) is 2.24. The minimum absolute atomic E-state index is 0.224. The second-order valence-electron chi connectivity index (χ2n) is 7.61. The third-order valence-electron chi connectivity index (χ3n) is 5.53. The van der Waals surface area contributed by atoms with E-state index in [2.05, 4.69) is 37.6 Å². The molecular weight excluding hydrogens is 234 g/mol. The molecule has 106 valence electrons. The molecule has 0 spiro atoms. The highest BCUT2D eigenvalue weighted by Gasteiger charge is 2.38. The summed E-state index contributed by atoms with van der Waals surface area (Å²) in [6, 6.07) is 2.15. The van der Waals surface area contributed by atoms with Gasteiger partial charge in [0.15, 0.2) is 0 Å². The van der Waals surface area contributed by atoms with Crippen LogP contribution in [0.3, 0.4) is 0 Å². The fourth-order valence-corrected chi connectivity index (χ4v) is 4.00. The number of hydrogen-bond acceptors (Lipinski definition) is 1. The third-order valence-corrected chi connectivity index (χ3v) is 5.53. The quantitative estimate of drug-likeness (QED) is 0.871. The predicted octanol–water partition coefficient (Wildman–Crippen LogP) is 4.07. The van der Waals surface area contributed by atoms with E-state index in [0.717, 1.165) is 19.4 Å². The number of aromatic nitrogens is 1. The molecule has 0 bridgehead atoms. The van der Waals surface area contributed by atoms with Crippen molar-refractivity contribution in [1.82, 2.24) is 4.57 Å². The first-order valence-corrected chi connectivity index (χ1v) is 7.81. The SMILES string of the molecule is CCC1(Cn2ccc3c2CC(C)(C)CC3O)CCC1. The number of nitrogens with zero attached hydrogens (tertiary/aromatic N) is 1. The second-order valence-corrected chi connectivity index (χ2v) is 7.61. The molecule has 1 fully saturated rings. The highest BCUT2D eigenvalue weighted by molar-refractivity contribution is 5.29. The molecule has 0 amide bonds. The molecule has 2 nitrogen and oxygen atoms in total. The largest absolute Gasteiger partial charge is 0.388 e. The van der Waals surface area contributed by atoms with Crippen LogP contribution in [0.5, 0.6) is 0 Å². The first-order chi connectivity index (χ1) is 8.95. The van der Waals surface area contributed by atoms with Gasteiger partial charge in [-0.3, -0.25) is 0 Å². The molecule has 0 saturated heterocycles. The summed E-state index contributed by atoms with van der Waals surface area (Å²) < 4.78 is 2.45. The van der Waals surface area contributed by atoms with Gasteiger partial charge in [0.2, 0.25) is 0 Å². The lowest BCUT2D eigenvalue weighted by atomic mass is 9.67. The molecular formula is C17H27NO. The van der Waals surface area contributed by atoms with Crippen molar-refractivity contribution in [2.45, 2.75) is 71.9 Å². The maximum absolute atomic E-state index is 10.3.